The lowest BCUT2D eigenvalue weighted by molar-refractivity contribution is -0.127. The van der Waals surface area contributed by atoms with Crippen molar-refractivity contribution in [1.29, 1.82) is 0 Å². The van der Waals surface area contributed by atoms with Gasteiger partial charge in [0, 0.05) is 12.7 Å². The first-order chi connectivity index (χ1) is 15.9. The minimum atomic E-state index is -4.29. The molecule has 172 valence electrons. The van der Waals surface area contributed by atoms with E-state index in [1.165, 1.54) is 12.1 Å². The fraction of sp³-hybridized carbons (Fsp3) is 0.348. The number of benzene rings is 1. The van der Waals surface area contributed by atoms with E-state index in [0.29, 0.717) is 54.7 Å². The molecule has 2 aliphatic rings. The summed E-state index contributed by atoms with van der Waals surface area (Å²) in [5, 5.41) is 2.93. The predicted octanol–water partition coefficient (Wildman–Crippen LogP) is 3.31. The van der Waals surface area contributed by atoms with Crippen molar-refractivity contribution < 1.29 is 27.4 Å². The van der Waals surface area contributed by atoms with Crippen molar-refractivity contribution in [3.63, 3.8) is 0 Å². The Balaban J connectivity index is 1.38. The lowest BCUT2D eigenvalue weighted by Crippen LogP contribution is -2.43. The van der Waals surface area contributed by atoms with Crippen molar-refractivity contribution in [2.45, 2.75) is 38.2 Å². The van der Waals surface area contributed by atoms with Gasteiger partial charge in [-0.25, -0.2) is 4.98 Å². The summed E-state index contributed by atoms with van der Waals surface area (Å²) in [4.78, 5) is 22.1. The number of halogens is 3. The Bertz CT molecular complexity index is 1180. The summed E-state index contributed by atoms with van der Waals surface area (Å²) in [5.41, 5.74) is 2.29. The number of nitrogens with zero attached hydrogens (tertiary/aromatic N) is 3. The van der Waals surface area contributed by atoms with Gasteiger partial charge in [-0.15, -0.1) is 0 Å². The number of carbonyl (C=O) groups is 1. The Kier molecular flexibility index (Phi) is 5.53. The molecule has 2 aliphatic heterocycles. The third-order valence-corrected chi connectivity index (χ3v) is 5.63. The standard InChI is InChI=1S/C23H21F3N4O3/c24-23(25,26)11-14-4-5-18-15(9-14)10-16(12-33-18)28-22(31)20-21(17-3-1-2-6-27-17)30-7-8-32-13-19(30)29-20/h1-6,9,16H,7-8,10-13H2,(H,28,31)/t16-/m1/s1. The van der Waals surface area contributed by atoms with Gasteiger partial charge in [-0.3, -0.25) is 9.78 Å². The van der Waals surface area contributed by atoms with Gasteiger partial charge in [-0.05, 0) is 35.7 Å². The number of ether oxygens (including phenoxy) is 2. The van der Waals surface area contributed by atoms with Crippen LogP contribution < -0.4 is 10.1 Å². The van der Waals surface area contributed by atoms with Crippen LogP contribution in [-0.4, -0.2) is 45.9 Å². The summed E-state index contributed by atoms with van der Waals surface area (Å²) in [6.07, 6.45) is -3.28. The van der Waals surface area contributed by atoms with Gasteiger partial charge in [0.15, 0.2) is 5.69 Å². The maximum absolute atomic E-state index is 13.2. The molecule has 5 rings (SSSR count). The Morgan fingerprint density at radius 1 is 1.24 bits per heavy atom. The van der Waals surface area contributed by atoms with E-state index in [2.05, 4.69) is 15.3 Å². The van der Waals surface area contributed by atoms with Gasteiger partial charge in [0.2, 0.25) is 0 Å². The molecule has 0 aliphatic carbocycles. The van der Waals surface area contributed by atoms with Gasteiger partial charge in [0.05, 0.1) is 24.8 Å². The lowest BCUT2D eigenvalue weighted by Gasteiger charge is -2.26. The molecule has 7 nitrogen and oxygen atoms in total. The highest BCUT2D eigenvalue weighted by molar-refractivity contribution is 5.98. The van der Waals surface area contributed by atoms with Gasteiger partial charge in [0.25, 0.3) is 5.91 Å². The number of hydrogen-bond acceptors (Lipinski definition) is 5. The van der Waals surface area contributed by atoms with Crippen molar-refractivity contribution >= 4 is 5.91 Å². The molecule has 0 radical (unpaired) electrons. The van der Waals surface area contributed by atoms with Crippen LogP contribution >= 0.6 is 0 Å². The topological polar surface area (TPSA) is 78.3 Å². The van der Waals surface area contributed by atoms with E-state index in [-0.39, 0.29) is 23.8 Å². The molecule has 1 atom stereocenters. The predicted molar refractivity (Wildman–Crippen MR) is 112 cm³/mol. The number of nitrogens with one attached hydrogen (secondary N) is 1. The summed E-state index contributed by atoms with van der Waals surface area (Å²) >= 11 is 0. The Morgan fingerprint density at radius 2 is 2.12 bits per heavy atom. The first-order valence-corrected chi connectivity index (χ1v) is 10.6. The second-order valence-electron chi connectivity index (χ2n) is 8.06. The van der Waals surface area contributed by atoms with Crippen molar-refractivity contribution in [2.24, 2.45) is 0 Å². The van der Waals surface area contributed by atoms with Crippen LogP contribution in [0.15, 0.2) is 42.6 Å². The van der Waals surface area contributed by atoms with Gasteiger partial charge in [-0.1, -0.05) is 18.2 Å². The first kappa shape index (κ1) is 21.4. The van der Waals surface area contributed by atoms with Crippen LogP contribution in [0.1, 0.15) is 27.4 Å². The van der Waals surface area contributed by atoms with Crippen LogP contribution in [0.5, 0.6) is 5.75 Å². The summed E-state index contributed by atoms with van der Waals surface area (Å²) in [7, 11) is 0. The minimum absolute atomic E-state index is 0.163. The molecule has 33 heavy (non-hydrogen) atoms. The molecule has 1 amide bonds. The van der Waals surface area contributed by atoms with E-state index < -0.39 is 18.6 Å². The maximum Gasteiger partial charge on any atom is 0.393 e. The number of hydrogen-bond donors (Lipinski definition) is 1. The second kappa shape index (κ2) is 8.51. The summed E-state index contributed by atoms with van der Waals surface area (Å²) in [6.45, 7) is 1.59. The minimum Gasteiger partial charge on any atom is -0.491 e. The normalized spacial score (nSPS) is 17.6. The second-order valence-corrected chi connectivity index (χ2v) is 8.06. The van der Waals surface area contributed by atoms with Crippen LogP contribution in [0.2, 0.25) is 0 Å². The molecule has 0 fully saturated rings. The average Bonchev–Trinajstić information content (AvgIpc) is 3.18. The molecule has 1 aromatic carbocycles. The molecule has 1 N–H and O–H groups in total. The third-order valence-electron chi connectivity index (χ3n) is 5.63. The highest BCUT2D eigenvalue weighted by Crippen LogP contribution is 2.30. The maximum atomic E-state index is 13.2. The summed E-state index contributed by atoms with van der Waals surface area (Å²) in [5.74, 6) is 0.797. The van der Waals surface area contributed by atoms with E-state index in [9.17, 15) is 18.0 Å². The van der Waals surface area contributed by atoms with E-state index in [4.69, 9.17) is 9.47 Å². The van der Waals surface area contributed by atoms with E-state index in [1.54, 1.807) is 18.3 Å². The van der Waals surface area contributed by atoms with Crippen molar-refractivity contribution in [3.05, 3.63) is 65.2 Å². The number of alkyl halides is 3. The van der Waals surface area contributed by atoms with E-state index >= 15 is 0 Å². The van der Waals surface area contributed by atoms with E-state index in [0.717, 1.165) is 0 Å². The van der Waals surface area contributed by atoms with Crippen LogP contribution in [0.3, 0.4) is 0 Å². The average molecular weight is 458 g/mol. The monoisotopic (exact) mass is 458 g/mol. The highest BCUT2D eigenvalue weighted by Gasteiger charge is 2.31. The fourth-order valence-corrected chi connectivity index (χ4v) is 4.23. The van der Waals surface area contributed by atoms with Gasteiger partial charge < -0.3 is 19.4 Å². The number of amides is 1. The number of carbonyl (C=O) groups excluding carboxylic acids is 1. The lowest BCUT2D eigenvalue weighted by atomic mass is 9.99. The molecular formula is C23H21F3N4O3. The zero-order valence-corrected chi connectivity index (χ0v) is 17.6. The zero-order valence-electron chi connectivity index (χ0n) is 17.6. The van der Waals surface area contributed by atoms with E-state index in [1.807, 2.05) is 16.7 Å². The highest BCUT2D eigenvalue weighted by atomic mass is 19.4. The molecule has 0 unspecified atom stereocenters. The van der Waals surface area contributed by atoms with Gasteiger partial charge >= 0.3 is 6.18 Å². The molecule has 2 aromatic heterocycles. The van der Waals surface area contributed by atoms with Crippen LogP contribution in [0.4, 0.5) is 13.2 Å². The first-order valence-electron chi connectivity index (χ1n) is 10.6. The molecule has 0 saturated heterocycles. The molecular weight excluding hydrogens is 437 g/mol. The molecule has 0 saturated carbocycles. The summed E-state index contributed by atoms with van der Waals surface area (Å²) in [6, 6.07) is 9.51. The number of rotatable bonds is 4. The molecule has 0 spiro atoms. The molecule has 10 heteroatoms. The van der Waals surface area contributed by atoms with Gasteiger partial charge in [-0.2, -0.15) is 13.2 Å². The fourth-order valence-electron chi connectivity index (χ4n) is 4.23. The Labute approximate surface area is 187 Å². The SMILES string of the molecule is O=C(N[C@H]1COc2ccc(CC(F)(F)F)cc2C1)c1nc2n(c1-c1ccccn1)CCOC2. The summed E-state index contributed by atoms with van der Waals surface area (Å²) < 4.78 is 51.4. The molecule has 3 aromatic rings. The van der Waals surface area contributed by atoms with Crippen LogP contribution in [0, 0.1) is 0 Å². The molecule has 4 heterocycles. The number of fused-ring (bicyclic) bond motifs is 2. The van der Waals surface area contributed by atoms with Crippen molar-refractivity contribution in [3.8, 4) is 17.1 Å². The third kappa shape index (κ3) is 4.56. The zero-order chi connectivity index (χ0) is 23.0. The van der Waals surface area contributed by atoms with Gasteiger partial charge in [0.1, 0.15) is 30.5 Å². The van der Waals surface area contributed by atoms with Crippen molar-refractivity contribution in [1.82, 2.24) is 19.9 Å². The number of pyridine rings is 1. The van der Waals surface area contributed by atoms with Crippen LogP contribution in [0.25, 0.3) is 11.4 Å². The van der Waals surface area contributed by atoms with Crippen LogP contribution in [-0.2, 0) is 30.7 Å². The largest absolute Gasteiger partial charge is 0.491 e. The number of aromatic nitrogens is 3. The quantitative estimate of drug-likeness (QED) is 0.649. The number of imidazole rings is 1. The Hall–Kier alpha value is -3.40. The van der Waals surface area contributed by atoms with Crippen molar-refractivity contribution in [2.75, 3.05) is 13.2 Å². The Morgan fingerprint density at radius 3 is 2.91 bits per heavy atom. The molecule has 0 bridgehead atoms. The smallest absolute Gasteiger partial charge is 0.393 e.